The first-order chi connectivity index (χ1) is 11.9. The Morgan fingerprint density at radius 1 is 1.24 bits per heavy atom. The Bertz CT molecular complexity index is 920. The summed E-state index contributed by atoms with van der Waals surface area (Å²) in [6.07, 6.45) is 3.79. The van der Waals surface area contributed by atoms with Crippen LogP contribution in [-0.4, -0.2) is 17.8 Å². The van der Waals surface area contributed by atoms with E-state index in [1.807, 2.05) is 30.4 Å². The minimum absolute atomic E-state index is 0.0262. The number of hydrogen-bond donors (Lipinski definition) is 1. The maximum atomic E-state index is 11.1. The second-order valence-corrected chi connectivity index (χ2v) is 6.79. The van der Waals surface area contributed by atoms with Crippen molar-refractivity contribution in [1.29, 1.82) is 0 Å². The molecule has 1 atom stereocenters. The van der Waals surface area contributed by atoms with Crippen molar-refractivity contribution in [2.45, 2.75) is 25.0 Å². The Morgan fingerprint density at radius 2 is 2.00 bits per heavy atom. The van der Waals surface area contributed by atoms with Crippen LogP contribution in [0.3, 0.4) is 0 Å². The number of ether oxygens (including phenoxy) is 2. The van der Waals surface area contributed by atoms with Crippen LogP contribution in [0.1, 0.15) is 25.0 Å². The molecule has 1 N–H and O–H groups in total. The standard InChI is InChI=1S/C19H18N2O4/c1-18(2)14-6-4-5-7-15(14)20-19(18)9-8-12-10-13(21(22)23)11-16(24-3)17(12)25-19/h4-11,20H,1-3H3. The molecule has 1 spiro atoms. The number of nitrogens with one attached hydrogen (secondary N) is 1. The summed E-state index contributed by atoms with van der Waals surface area (Å²) in [5.74, 6) is 0.852. The van der Waals surface area contributed by atoms with E-state index >= 15 is 0 Å². The molecule has 0 aliphatic carbocycles. The minimum Gasteiger partial charge on any atom is -0.493 e. The molecule has 128 valence electrons. The monoisotopic (exact) mass is 338 g/mol. The third-order valence-corrected chi connectivity index (χ3v) is 5.11. The fourth-order valence-corrected chi connectivity index (χ4v) is 3.60. The predicted molar refractivity (Wildman–Crippen MR) is 95.1 cm³/mol. The highest BCUT2D eigenvalue weighted by atomic mass is 16.6. The normalized spacial score (nSPS) is 21.9. The molecule has 25 heavy (non-hydrogen) atoms. The largest absolute Gasteiger partial charge is 0.493 e. The highest BCUT2D eigenvalue weighted by Crippen LogP contribution is 2.52. The van der Waals surface area contributed by atoms with Gasteiger partial charge >= 0.3 is 0 Å². The number of fused-ring (bicyclic) bond motifs is 2. The average molecular weight is 338 g/mol. The maximum absolute atomic E-state index is 11.1. The molecule has 4 rings (SSSR count). The van der Waals surface area contributed by atoms with Gasteiger partial charge in [-0.15, -0.1) is 0 Å². The number of hydrogen-bond acceptors (Lipinski definition) is 5. The average Bonchev–Trinajstić information content (AvgIpc) is 2.81. The molecule has 0 fully saturated rings. The number of non-ortho nitro benzene ring substituents is 1. The molecule has 2 aromatic rings. The number of benzene rings is 2. The number of anilines is 1. The molecule has 2 aliphatic heterocycles. The summed E-state index contributed by atoms with van der Waals surface area (Å²) >= 11 is 0. The van der Waals surface area contributed by atoms with Gasteiger partial charge in [-0.3, -0.25) is 10.1 Å². The Kier molecular flexibility index (Phi) is 3.09. The zero-order chi connectivity index (χ0) is 17.8. The molecular weight excluding hydrogens is 320 g/mol. The third-order valence-electron chi connectivity index (χ3n) is 5.11. The molecule has 6 nitrogen and oxygen atoms in total. The van der Waals surface area contributed by atoms with Crippen LogP contribution in [0.4, 0.5) is 11.4 Å². The lowest BCUT2D eigenvalue weighted by Crippen LogP contribution is -2.53. The van der Waals surface area contributed by atoms with Crippen LogP contribution in [0.2, 0.25) is 0 Å². The molecule has 1 unspecified atom stereocenters. The summed E-state index contributed by atoms with van der Waals surface area (Å²) in [6, 6.07) is 11.0. The van der Waals surface area contributed by atoms with Crippen molar-refractivity contribution in [3.8, 4) is 11.5 Å². The van der Waals surface area contributed by atoms with Crippen LogP contribution < -0.4 is 14.8 Å². The SMILES string of the molecule is COc1cc([N+](=O)[O-])cc2c1OC1(C=C2)Nc2ccccc2C1(C)C. The van der Waals surface area contributed by atoms with Crippen LogP contribution in [0.15, 0.2) is 42.5 Å². The maximum Gasteiger partial charge on any atom is 0.274 e. The van der Waals surface area contributed by atoms with Crippen molar-refractivity contribution in [2.24, 2.45) is 0 Å². The van der Waals surface area contributed by atoms with Crippen LogP contribution in [-0.2, 0) is 5.41 Å². The van der Waals surface area contributed by atoms with Gasteiger partial charge < -0.3 is 14.8 Å². The molecular formula is C19H18N2O4. The molecule has 6 heteroatoms. The van der Waals surface area contributed by atoms with Gasteiger partial charge in [-0.1, -0.05) is 18.2 Å². The smallest absolute Gasteiger partial charge is 0.274 e. The van der Waals surface area contributed by atoms with E-state index in [4.69, 9.17) is 9.47 Å². The van der Waals surface area contributed by atoms with Crippen LogP contribution in [0, 0.1) is 10.1 Å². The number of nitro benzene ring substituents is 1. The van der Waals surface area contributed by atoms with Gasteiger partial charge in [-0.2, -0.15) is 0 Å². The summed E-state index contributed by atoms with van der Waals surface area (Å²) in [7, 11) is 1.48. The molecule has 0 amide bonds. The Hall–Kier alpha value is -3.02. The lowest BCUT2D eigenvalue weighted by molar-refractivity contribution is -0.385. The van der Waals surface area contributed by atoms with Gasteiger partial charge in [0.1, 0.15) is 0 Å². The fraction of sp³-hybridized carbons (Fsp3) is 0.263. The van der Waals surface area contributed by atoms with Gasteiger partial charge in [0, 0.05) is 17.3 Å². The van der Waals surface area contributed by atoms with Crippen molar-refractivity contribution in [1.82, 2.24) is 0 Å². The lowest BCUT2D eigenvalue weighted by atomic mass is 9.76. The van der Waals surface area contributed by atoms with E-state index in [-0.39, 0.29) is 11.1 Å². The van der Waals surface area contributed by atoms with Gasteiger partial charge in [-0.05, 0) is 37.6 Å². The highest BCUT2D eigenvalue weighted by molar-refractivity contribution is 5.74. The van der Waals surface area contributed by atoms with Gasteiger partial charge in [0.25, 0.3) is 5.69 Å². The van der Waals surface area contributed by atoms with E-state index in [9.17, 15) is 10.1 Å². The summed E-state index contributed by atoms with van der Waals surface area (Å²) < 4.78 is 11.7. The first-order valence-corrected chi connectivity index (χ1v) is 8.00. The van der Waals surface area contributed by atoms with E-state index in [2.05, 4.69) is 25.2 Å². The zero-order valence-corrected chi connectivity index (χ0v) is 14.2. The number of methoxy groups -OCH3 is 1. The Labute approximate surface area is 145 Å². The first kappa shape index (κ1) is 15.5. The van der Waals surface area contributed by atoms with E-state index in [0.29, 0.717) is 17.1 Å². The summed E-state index contributed by atoms with van der Waals surface area (Å²) in [6.45, 7) is 4.22. The van der Waals surface area contributed by atoms with Gasteiger partial charge in [0.15, 0.2) is 11.5 Å². The highest BCUT2D eigenvalue weighted by Gasteiger charge is 2.54. The molecule has 0 saturated carbocycles. The van der Waals surface area contributed by atoms with Crippen molar-refractivity contribution in [2.75, 3.05) is 12.4 Å². The Morgan fingerprint density at radius 3 is 2.68 bits per heavy atom. The fourth-order valence-electron chi connectivity index (χ4n) is 3.60. The van der Waals surface area contributed by atoms with Gasteiger partial charge in [0.05, 0.1) is 23.5 Å². The van der Waals surface area contributed by atoms with Crippen LogP contribution in [0.25, 0.3) is 6.08 Å². The topological polar surface area (TPSA) is 73.6 Å². The van der Waals surface area contributed by atoms with E-state index in [1.165, 1.54) is 19.2 Å². The molecule has 2 heterocycles. The molecule has 0 radical (unpaired) electrons. The van der Waals surface area contributed by atoms with Crippen LogP contribution in [0.5, 0.6) is 11.5 Å². The minimum atomic E-state index is -0.785. The van der Waals surface area contributed by atoms with Crippen molar-refractivity contribution >= 4 is 17.5 Å². The molecule has 0 aromatic heterocycles. The predicted octanol–water partition coefficient (Wildman–Crippen LogP) is 4.11. The van der Waals surface area contributed by atoms with E-state index in [0.717, 1.165) is 11.3 Å². The second kappa shape index (κ2) is 4.99. The zero-order valence-electron chi connectivity index (χ0n) is 14.2. The van der Waals surface area contributed by atoms with Crippen molar-refractivity contribution in [3.63, 3.8) is 0 Å². The van der Waals surface area contributed by atoms with E-state index < -0.39 is 10.6 Å². The first-order valence-electron chi connectivity index (χ1n) is 8.00. The number of nitrogens with zero attached hydrogens (tertiary/aromatic N) is 1. The lowest BCUT2D eigenvalue weighted by Gasteiger charge is -2.41. The van der Waals surface area contributed by atoms with Crippen molar-refractivity contribution in [3.05, 3.63) is 63.7 Å². The number of rotatable bonds is 2. The van der Waals surface area contributed by atoms with Crippen LogP contribution >= 0.6 is 0 Å². The molecule has 0 saturated heterocycles. The van der Waals surface area contributed by atoms with Crippen molar-refractivity contribution < 1.29 is 14.4 Å². The van der Waals surface area contributed by atoms with Gasteiger partial charge in [0.2, 0.25) is 5.72 Å². The third kappa shape index (κ3) is 2.03. The molecule has 2 aliphatic rings. The molecule has 2 aromatic carbocycles. The summed E-state index contributed by atoms with van der Waals surface area (Å²) in [5.41, 5.74) is 1.65. The Balaban J connectivity index is 1.85. The number of nitro groups is 1. The number of para-hydroxylation sites is 1. The summed E-state index contributed by atoms with van der Waals surface area (Å²) in [4.78, 5) is 10.7. The van der Waals surface area contributed by atoms with Gasteiger partial charge in [-0.25, -0.2) is 0 Å². The van der Waals surface area contributed by atoms with E-state index in [1.54, 1.807) is 0 Å². The summed E-state index contributed by atoms with van der Waals surface area (Å²) in [5, 5.41) is 14.6. The second-order valence-electron chi connectivity index (χ2n) is 6.79. The molecule has 0 bridgehead atoms. The quantitative estimate of drug-likeness (QED) is 0.659.